The van der Waals surface area contributed by atoms with Crippen LogP contribution in [0.25, 0.3) is 0 Å². The lowest BCUT2D eigenvalue weighted by Crippen LogP contribution is -2.56. The van der Waals surface area contributed by atoms with E-state index in [1.54, 1.807) is 4.31 Å². The van der Waals surface area contributed by atoms with Gasteiger partial charge in [0.1, 0.15) is 6.04 Å². The minimum Gasteiger partial charge on any atom is -0.326 e. The van der Waals surface area contributed by atoms with Crippen molar-refractivity contribution in [3.63, 3.8) is 0 Å². The lowest BCUT2D eigenvalue weighted by atomic mass is 9.68. The Morgan fingerprint density at radius 1 is 1.05 bits per heavy atom. The summed E-state index contributed by atoms with van der Waals surface area (Å²) >= 11 is 0. The largest absolute Gasteiger partial charge is 0.326 e. The minimum atomic E-state index is -3.57. The summed E-state index contributed by atoms with van der Waals surface area (Å²) in [6, 6.07) is 7.44. The van der Waals surface area contributed by atoms with Gasteiger partial charge >= 0.3 is 6.03 Å². The lowest BCUT2D eigenvalue weighted by Gasteiger charge is -2.46. The molecule has 1 N–H and O–H groups in total. The molecule has 7 nitrogen and oxygen atoms in total. The highest BCUT2D eigenvalue weighted by Gasteiger charge is 2.69. The molecule has 3 amide bonds. The van der Waals surface area contributed by atoms with Crippen LogP contribution >= 0.6 is 0 Å². The van der Waals surface area contributed by atoms with E-state index in [9.17, 15) is 18.0 Å². The average Bonchev–Trinajstić information content (AvgIpc) is 3.49. The van der Waals surface area contributed by atoms with Crippen LogP contribution in [0.3, 0.4) is 0 Å². The number of carbonyl (C=O) groups excluding carboxylic acids is 2. The zero-order valence-electron chi connectivity index (χ0n) is 23.3. The van der Waals surface area contributed by atoms with Gasteiger partial charge in [0.05, 0.1) is 5.75 Å². The number of hydrogen-bond donors (Lipinski definition) is 1. The van der Waals surface area contributed by atoms with Crippen molar-refractivity contribution in [2.75, 3.05) is 18.8 Å². The van der Waals surface area contributed by atoms with Crippen molar-refractivity contribution in [2.45, 2.75) is 96.6 Å². The second-order valence-electron chi connectivity index (χ2n) is 13.8. The van der Waals surface area contributed by atoms with Gasteiger partial charge in [-0.05, 0) is 85.2 Å². The molecule has 5 aliphatic rings. The summed E-state index contributed by atoms with van der Waals surface area (Å²) in [7, 11) is -3.57. The minimum absolute atomic E-state index is 0.0175. The molecule has 2 bridgehead atoms. The van der Waals surface area contributed by atoms with Crippen molar-refractivity contribution < 1.29 is 18.0 Å². The fraction of sp³-hybridized carbons (Fsp3) is 0.733. The van der Waals surface area contributed by atoms with Gasteiger partial charge in [-0.15, -0.1) is 0 Å². The molecule has 3 aliphatic carbocycles. The predicted octanol–water partition coefficient (Wildman–Crippen LogP) is 4.46. The molecule has 0 radical (unpaired) electrons. The Bertz CT molecular complexity index is 1250. The van der Waals surface area contributed by atoms with Crippen LogP contribution in [0.5, 0.6) is 0 Å². The van der Waals surface area contributed by atoms with Gasteiger partial charge in [0, 0.05) is 24.5 Å². The molecule has 1 aromatic carbocycles. The number of fused-ring (bicyclic) bond motifs is 4. The number of sulfonamides is 1. The quantitative estimate of drug-likeness (QED) is 0.539. The smallest absolute Gasteiger partial charge is 0.325 e. The molecule has 8 heteroatoms. The number of benzene rings is 1. The van der Waals surface area contributed by atoms with E-state index in [0.717, 1.165) is 38.5 Å². The highest BCUT2D eigenvalue weighted by Crippen LogP contribution is 2.67. The van der Waals surface area contributed by atoms with Crippen molar-refractivity contribution in [1.29, 1.82) is 0 Å². The third-order valence-electron chi connectivity index (χ3n) is 11.4. The lowest BCUT2D eigenvalue weighted by molar-refractivity contribution is -0.131. The van der Waals surface area contributed by atoms with Gasteiger partial charge in [0.2, 0.25) is 10.0 Å². The fourth-order valence-corrected chi connectivity index (χ4v) is 11.4. The maximum absolute atomic E-state index is 14.1. The molecule has 208 valence electrons. The van der Waals surface area contributed by atoms with Crippen molar-refractivity contribution in [2.24, 2.45) is 22.7 Å². The zero-order chi connectivity index (χ0) is 27.1. The van der Waals surface area contributed by atoms with Crippen LogP contribution in [0, 0.1) is 22.7 Å². The number of piperidine rings is 1. The number of nitrogens with zero attached hydrogens (tertiary/aromatic N) is 2. The fourth-order valence-electron chi connectivity index (χ4n) is 9.10. The highest BCUT2D eigenvalue weighted by atomic mass is 32.2. The van der Waals surface area contributed by atoms with Gasteiger partial charge < -0.3 is 5.32 Å². The number of amides is 3. The Morgan fingerprint density at radius 2 is 1.76 bits per heavy atom. The molecule has 6 rings (SSSR count). The first-order valence-electron chi connectivity index (χ1n) is 14.6. The third kappa shape index (κ3) is 3.72. The topological polar surface area (TPSA) is 86.8 Å². The molecular formula is C30H43N3O4S. The molecule has 4 fully saturated rings. The molecule has 2 aliphatic heterocycles. The molecule has 0 aromatic heterocycles. The van der Waals surface area contributed by atoms with Crippen molar-refractivity contribution in [3.8, 4) is 0 Å². The molecule has 2 heterocycles. The van der Waals surface area contributed by atoms with Gasteiger partial charge in [-0.25, -0.2) is 17.5 Å². The van der Waals surface area contributed by atoms with E-state index in [4.69, 9.17) is 0 Å². The molecule has 38 heavy (non-hydrogen) atoms. The first-order chi connectivity index (χ1) is 17.9. The number of hydrogen-bond acceptors (Lipinski definition) is 4. The molecule has 2 saturated heterocycles. The number of imide groups is 1. The number of nitrogens with one attached hydrogen (secondary N) is 1. The number of carbonyl (C=O) groups is 2. The Balaban J connectivity index is 1.24. The van der Waals surface area contributed by atoms with Crippen molar-refractivity contribution >= 4 is 22.0 Å². The monoisotopic (exact) mass is 541 g/mol. The van der Waals surface area contributed by atoms with E-state index in [1.165, 1.54) is 16.0 Å². The summed E-state index contributed by atoms with van der Waals surface area (Å²) in [6.07, 6.45) is 6.90. The molecule has 1 spiro atoms. The van der Waals surface area contributed by atoms with Gasteiger partial charge in [0.15, 0.2) is 0 Å². The van der Waals surface area contributed by atoms with E-state index in [2.05, 4.69) is 43.4 Å². The van der Waals surface area contributed by atoms with Gasteiger partial charge in [0.25, 0.3) is 5.91 Å². The van der Waals surface area contributed by atoms with E-state index < -0.39 is 21.5 Å². The Morgan fingerprint density at radius 3 is 2.45 bits per heavy atom. The standard InChI is InChI=1S/C30H43N3O4S/c1-20(2)17-24-26(34)33(27(35)31-24)25-18-22-10-12-30(25,28(22,3)4)19-38(36,37)32-15-13-29(14-16-32)11-9-21-7-5-6-8-23(21)29/h5-8,20,22,24-25H,9-19H2,1-4H3,(H,31,35)/t22-,24?,25+,30-/m1/s1. The van der Waals surface area contributed by atoms with Crippen LogP contribution < -0.4 is 5.32 Å². The summed E-state index contributed by atoms with van der Waals surface area (Å²) in [5, 5.41) is 2.91. The van der Waals surface area contributed by atoms with Crippen LogP contribution in [-0.4, -0.2) is 60.5 Å². The Labute approximate surface area is 227 Å². The molecule has 4 atom stereocenters. The molecule has 1 unspecified atom stereocenters. The third-order valence-corrected chi connectivity index (χ3v) is 13.5. The Hall–Kier alpha value is -1.93. The molecular weight excluding hydrogens is 498 g/mol. The second kappa shape index (κ2) is 8.79. The van der Waals surface area contributed by atoms with Crippen LogP contribution in [0.15, 0.2) is 24.3 Å². The normalized spacial score (nSPS) is 33.9. The van der Waals surface area contributed by atoms with E-state index >= 15 is 0 Å². The zero-order valence-corrected chi connectivity index (χ0v) is 24.1. The SMILES string of the molecule is CC(C)CC1NC(=O)N([C@H]2C[C@H]3CC[C@]2(CS(=O)(=O)N2CCC4(CCc5ccccc54)CC2)C3(C)C)C1=O. The summed E-state index contributed by atoms with van der Waals surface area (Å²) in [5.74, 6) is 0.439. The van der Waals surface area contributed by atoms with E-state index in [0.29, 0.717) is 31.8 Å². The van der Waals surface area contributed by atoms with Crippen molar-refractivity contribution in [1.82, 2.24) is 14.5 Å². The van der Waals surface area contributed by atoms with Gasteiger partial charge in [-0.3, -0.25) is 9.69 Å². The average molecular weight is 542 g/mol. The van der Waals surface area contributed by atoms with Crippen LogP contribution in [0.4, 0.5) is 4.79 Å². The van der Waals surface area contributed by atoms with E-state index in [1.807, 2.05) is 13.8 Å². The van der Waals surface area contributed by atoms with Gasteiger partial charge in [-0.1, -0.05) is 52.0 Å². The maximum atomic E-state index is 14.1. The summed E-state index contributed by atoms with van der Waals surface area (Å²) in [6.45, 7) is 9.52. The maximum Gasteiger partial charge on any atom is 0.325 e. The Kier molecular flexibility index (Phi) is 6.08. The summed E-state index contributed by atoms with van der Waals surface area (Å²) in [5.41, 5.74) is 2.05. The first-order valence-corrected chi connectivity index (χ1v) is 16.2. The number of aryl methyl sites for hydroxylation is 1. The van der Waals surface area contributed by atoms with Crippen molar-refractivity contribution in [3.05, 3.63) is 35.4 Å². The number of rotatable bonds is 6. The van der Waals surface area contributed by atoms with Crippen LogP contribution in [0.1, 0.15) is 83.8 Å². The highest BCUT2D eigenvalue weighted by molar-refractivity contribution is 7.89. The van der Waals surface area contributed by atoms with Crippen LogP contribution in [0.2, 0.25) is 0 Å². The number of urea groups is 1. The second-order valence-corrected chi connectivity index (χ2v) is 15.8. The van der Waals surface area contributed by atoms with Gasteiger partial charge in [-0.2, -0.15) is 0 Å². The summed E-state index contributed by atoms with van der Waals surface area (Å²) < 4.78 is 30.0. The molecule has 1 aromatic rings. The molecule has 2 saturated carbocycles. The predicted molar refractivity (Wildman–Crippen MR) is 147 cm³/mol. The van der Waals surface area contributed by atoms with Crippen LogP contribution in [-0.2, 0) is 26.7 Å². The summed E-state index contributed by atoms with van der Waals surface area (Å²) in [4.78, 5) is 28.0. The van der Waals surface area contributed by atoms with E-state index in [-0.39, 0.29) is 40.5 Å². The first kappa shape index (κ1) is 26.3.